The van der Waals surface area contributed by atoms with Crippen molar-refractivity contribution in [2.24, 2.45) is 0 Å². The minimum atomic E-state index is -0.477. The lowest BCUT2D eigenvalue weighted by molar-refractivity contribution is 0.102. The van der Waals surface area contributed by atoms with Crippen LogP contribution in [0.3, 0.4) is 0 Å². The molecular formula is C30H19FN8O. The number of amides is 1. The summed E-state index contributed by atoms with van der Waals surface area (Å²) in [6.07, 6.45) is 8.33. The van der Waals surface area contributed by atoms with Crippen molar-refractivity contribution in [3.63, 3.8) is 0 Å². The molecular weight excluding hydrogens is 507 g/mol. The van der Waals surface area contributed by atoms with Crippen LogP contribution in [-0.2, 0) is 0 Å². The van der Waals surface area contributed by atoms with Gasteiger partial charge in [0.15, 0.2) is 11.5 Å². The fourth-order valence-electron chi connectivity index (χ4n) is 4.66. The van der Waals surface area contributed by atoms with Gasteiger partial charge in [-0.25, -0.2) is 14.4 Å². The molecule has 0 saturated heterocycles. The van der Waals surface area contributed by atoms with E-state index < -0.39 is 5.82 Å². The molecule has 0 fully saturated rings. The van der Waals surface area contributed by atoms with Crippen molar-refractivity contribution in [2.75, 3.05) is 5.32 Å². The maximum atomic E-state index is 15.3. The fraction of sp³-hybridized carbons (Fsp3) is 0. The van der Waals surface area contributed by atoms with Gasteiger partial charge in [-0.05, 0) is 48.0 Å². The molecule has 0 unspecified atom stereocenters. The molecule has 5 heterocycles. The third-order valence-electron chi connectivity index (χ3n) is 6.57. The van der Waals surface area contributed by atoms with Crippen LogP contribution in [0.25, 0.3) is 55.8 Å². The van der Waals surface area contributed by atoms with Gasteiger partial charge >= 0.3 is 0 Å². The number of fused-ring (bicyclic) bond motifs is 2. The zero-order valence-corrected chi connectivity index (χ0v) is 20.8. The zero-order valence-electron chi connectivity index (χ0n) is 20.8. The average molecular weight is 527 g/mol. The van der Waals surface area contributed by atoms with E-state index in [1.165, 1.54) is 6.07 Å². The molecule has 2 aromatic carbocycles. The molecule has 192 valence electrons. The molecule has 0 aliphatic heterocycles. The zero-order chi connectivity index (χ0) is 27.1. The number of hydrogen-bond donors (Lipinski definition) is 3. The molecule has 1 amide bonds. The number of nitrogens with zero attached hydrogens (tertiary/aromatic N) is 5. The number of pyridine rings is 3. The first-order valence-electron chi connectivity index (χ1n) is 12.4. The molecule has 0 bridgehead atoms. The number of aromatic nitrogens is 7. The number of benzene rings is 2. The summed E-state index contributed by atoms with van der Waals surface area (Å²) in [4.78, 5) is 33.5. The standard InChI is InChI=1S/C30H19FN8O/c31-24-13-19(20-11-21(16-33-15-20)35-30(40)17-5-2-1-3-6-17)12-23-25(24)38-39-27(23)29-36-26-22(8-10-34-28(26)37-29)18-7-4-9-32-14-18/h1-16H,(H,35,40)(H,38,39)(H,34,36,37). The maximum Gasteiger partial charge on any atom is 0.255 e. The Bertz CT molecular complexity index is 2020. The summed E-state index contributed by atoms with van der Waals surface area (Å²) in [6.45, 7) is 0. The normalized spacial score (nSPS) is 11.2. The topological polar surface area (TPSA) is 125 Å². The van der Waals surface area contributed by atoms with Crippen LogP contribution in [0.4, 0.5) is 10.1 Å². The summed E-state index contributed by atoms with van der Waals surface area (Å²) in [5, 5.41) is 10.6. The molecule has 9 nitrogen and oxygen atoms in total. The smallest absolute Gasteiger partial charge is 0.255 e. The molecule has 0 aliphatic rings. The van der Waals surface area contributed by atoms with Gasteiger partial charge in [0.25, 0.3) is 5.91 Å². The molecule has 0 saturated carbocycles. The predicted molar refractivity (Wildman–Crippen MR) is 150 cm³/mol. The Balaban J connectivity index is 1.28. The van der Waals surface area contributed by atoms with E-state index >= 15 is 4.39 Å². The second-order valence-corrected chi connectivity index (χ2v) is 9.12. The monoisotopic (exact) mass is 526 g/mol. The number of halogens is 1. The van der Waals surface area contributed by atoms with Crippen LogP contribution < -0.4 is 5.32 Å². The highest BCUT2D eigenvalue weighted by Crippen LogP contribution is 2.34. The van der Waals surface area contributed by atoms with Crippen molar-refractivity contribution in [2.45, 2.75) is 0 Å². The Morgan fingerprint density at radius 3 is 2.58 bits per heavy atom. The van der Waals surface area contributed by atoms with Crippen molar-refractivity contribution in [3.05, 3.63) is 109 Å². The summed E-state index contributed by atoms with van der Waals surface area (Å²) < 4.78 is 15.3. The van der Waals surface area contributed by atoms with E-state index in [0.717, 1.165) is 11.1 Å². The third-order valence-corrected chi connectivity index (χ3v) is 6.57. The Morgan fingerprint density at radius 2 is 1.73 bits per heavy atom. The molecule has 3 N–H and O–H groups in total. The number of carbonyl (C=O) groups excluding carboxylic acids is 1. The molecule has 0 atom stereocenters. The van der Waals surface area contributed by atoms with Crippen LogP contribution in [0.5, 0.6) is 0 Å². The SMILES string of the molecule is O=C(Nc1cncc(-c2cc(F)c3[nH]nc(-c4nc5c(-c6cccnc6)ccnc5[nH]4)c3c2)c1)c1ccccc1. The molecule has 0 aliphatic carbocycles. The number of rotatable bonds is 5. The van der Waals surface area contributed by atoms with Gasteiger partial charge in [0, 0.05) is 52.4 Å². The lowest BCUT2D eigenvalue weighted by atomic mass is 10.0. The molecule has 0 spiro atoms. The number of imidazole rings is 1. The average Bonchev–Trinajstić information content (AvgIpc) is 3.63. The van der Waals surface area contributed by atoms with Crippen molar-refractivity contribution < 1.29 is 9.18 Å². The van der Waals surface area contributed by atoms with E-state index in [1.54, 1.807) is 61.3 Å². The number of H-pyrrole nitrogens is 2. The molecule has 7 rings (SSSR count). The summed E-state index contributed by atoms with van der Waals surface area (Å²) in [7, 11) is 0. The highest BCUT2D eigenvalue weighted by molar-refractivity contribution is 6.04. The minimum Gasteiger partial charge on any atom is -0.321 e. The second kappa shape index (κ2) is 9.52. The molecule has 10 heteroatoms. The van der Waals surface area contributed by atoms with E-state index in [4.69, 9.17) is 4.98 Å². The largest absolute Gasteiger partial charge is 0.321 e. The first-order chi connectivity index (χ1) is 19.6. The number of hydrogen-bond acceptors (Lipinski definition) is 6. The van der Waals surface area contributed by atoms with E-state index in [0.29, 0.717) is 50.4 Å². The third kappa shape index (κ3) is 4.13. The first-order valence-corrected chi connectivity index (χ1v) is 12.4. The van der Waals surface area contributed by atoms with Crippen molar-refractivity contribution in [1.82, 2.24) is 35.1 Å². The van der Waals surface area contributed by atoms with Gasteiger partial charge in [0.1, 0.15) is 22.5 Å². The number of aromatic amines is 2. The summed E-state index contributed by atoms with van der Waals surface area (Å²) in [5.74, 6) is -0.290. The van der Waals surface area contributed by atoms with Crippen molar-refractivity contribution >= 4 is 33.7 Å². The molecule has 5 aromatic heterocycles. The van der Waals surface area contributed by atoms with Crippen LogP contribution in [0.1, 0.15) is 10.4 Å². The lowest BCUT2D eigenvalue weighted by Crippen LogP contribution is -2.11. The van der Waals surface area contributed by atoms with Crippen LogP contribution in [0, 0.1) is 5.82 Å². The highest BCUT2D eigenvalue weighted by atomic mass is 19.1. The van der Waals surface area contributed by atoms with Gasteiger partial charge in [-0.2, -0.15) is 5.10 Å². The summed E-state index contributed by atoms with van der Waals surface area (Å²) in [5.41, 5.74) is 5.92. The van der Waals surface area contributed by atoms with Gasteiger partial charge in [-0.1, -0.05) is 24.3 Å². The van der Waals surface area contributed by atoms with Gasteiger partial charge in [0.05, 0.1) is 11.9 Å². The molecule has 7 aromatic rings. The molecule has 40 heavy (non-hydrogen) atoms. The quantitative estimate of drug-likeness (QED) is 0.252. The minimum absolute atomic E-state index is 0.251. The number of nitrogens with one attached hydrogen (secondary N) is 3. The number of carbonyl (C=O) groups is 1. The van der Waals surface area contributed by atoms with Gasteiger partial charge in [-0.3, -0.25) is 19.9 Å². The van der Waals surface area contributed by atoms with Gasteiger partial charge in [0.2, 0.25) is 0 Å². The van der Waals surface area contributed by atoms with Crippen LogP contribution in [0.2, 0.25) is 0 Å². The Hall–Kier alpha value is -5.77. The maximum absolute atomic E-state index is 15.3. The first kappa shape index (κ1) is 23.4. The highest BCUT2D eigenvalue weighted by Gasteiger charge is 2.19. The predicted octanol–water partition coefficient (Wildman–Crippen LogP) is 6.02. The lowest BCUT2D eigenvalue weighted by Gasteiger charge is -2.08. The van der Waals surface area contributed by atoms with E-state index in [-0.39, 0.29) is 11.4 Å². The van der Waals surface area contributed by atoms with Crippen LogP contribution >= 0.6 is 0 Å². The van der Waals surface area contributed by atoms with E-state index in [9.17, 15) is 4.79 Å². The van der Waals surface area contributed by atoms with Crippen LogP contribution in [-0.4, -0.2) is 41.0 Å². The Morgan fingerprint density at radius 1 is 0.850 bits per heavy atom. The summed E-state index contributed by atoms with van der Waals surface area (Å²) >= 11 is 0. The van der Waals surface area contributed by atoms with Crippen molar-refractivity contribution in [1.29, 1.82) is 0 Å². The van der Waals surface area contributed by atoms with Crippen LogP contribution in [0.15, 0.2) is 97.7 Å². The molecule has 0 radical (unpaired) electrons. The number of anilines is 1. The fourth-order valence-corrected chi connectivity index (χ4v) is 4.66. The Kier molecular flexibility index (Phi) is 5.56. The second-order valence-electron chi connectivity index (χ2n) is 9.12. The van der Waals surface area contributed by atoms with E-state index in [2.05, 4.69) is 35.5 Å². The van der Waals surface area contributed by atoms with E-state index in [1.807, 2.05) is 30.3 Å². The van der Waals surface area contributed by atoms with Gasteiger partial charge in [-0.15, -0.1) is 0 Å². The van der Waals surface area contributed by atoms with Gasteiger partial charge < -0.3 is 10.3 Å². The Labute approximate surface area is 226 Å². The summed E-state index contributed by atoms with van der Waals surface area (Å²) in [6, 6.07) is 19.5. The van der Waals surface area contributed by atoms with Crippen molar-refractivity contribution in [3.8, 4) is 33.8 Å².